The van der Waals surface area contributed by atoms with Crippen molar-refractivity contribution in [2.24, 2.45) is 5.73 Å². The molecule has 2 aromatic carbocycles. The molecule has 1 saturated heterocycles. The predicted molar refractivity (Wildman–Crippen MR) is 127 cm³/mol. The Bertz CT molecular complexity index is 1190. The molecule has 6 nitrogen and oxygen atoms in total. The number of carbonyl (C=O) groups is 1. The molecular weight excluding hydrogens is 414 g/mol. The molecule has 0 spiro atoms. The Labute approximate surface area is 194 Å². The summed E-state index contributed by atoms with van der Waals surface area (Å²) in [7, 11) is 0. The van der Waals surface area contributed by atoms with Crippen molar-refractivity contribution in [3.63, 3.8) is 0 Å². The Kier molecular flexibility index (Phi) is 5.64. The van der Waals surface area contributed by atoms with Crippen molar-refractivity contribution in [3.05, 3.63) is 83.0 Å². The highest BCUT2D eigenvalue weighted by Crippen LogP contribution is 2.35. The molecule has 33 heavy (non-hydrogen) atoms. The monoisotopic (exact) mass is 443 g/mol. The molecule has 3 aromatic rings. The second-order valence-electron chi connectivity index (χ2n) is 9.47. The van der Waals surface area contributed by atoms with Gasteiger partial charge in [0.15, 0.2) is 0 Å². The zero-order chi connectivity index (χ0) is 23.0. The van der Waals surface area contributed by atoms with Gasteiger partial charge in [0, 0.05) is 37.2 Å². The smallest absolute Gasteiger partial charge is 0.248 e. The van der Waals surface area contributed by atoms with Crippen LogP contribution in [-0.4, -0.2) is 41.1 Å². The van der Waals surface area contributed by atoms with Crippen molar-refractivity contribution in [2.45, 2.75) is 38.5 Å². The van der Waals surface area contributed by atoms with Gasteiger partial charge >= 0.3 is 0 Å². The predicted octanol–water partition coefficient (Wildman–Crippen LogP) is 4.13. The lowest BCUT2D eigenvalue weighted by Crippen LogP contribution is -2.38. The van der Waals surface area contributed by atoms with Gasteiger partial charge < -0.3 is 15.2 Å². The first-order chi connectivity index (χ1) is 15.9. The number of carbonyl (C=O) groups excluding carboxylic acids is 1. The lowest BCUT2D eigenvalue weighted by atomic mass is 10.00. The van der Waals surface area contributed by atoms with Crippen molar-refractivity contribution >= 4 is 5.91 Å². The molecule has 0 aliphatic carbocycles. The number of nitrogens with zero attached hydrogens (tertiary/aromatic N) is 2. The third-order valence-electron chi connectivity index (χ3n) is 6.23. The van der Waals surface area contributed by atoms with Crippen LogP contribution in [0, 0.1) is 0 Å². The van der Waals surface area contributed by atoms with Crippen LogP contribution in [0.2, 0.25) is 0 Å². The topological polar surface area (TPSA) is 77.7 Å². The third-order valence-corrected chi connectivity index (χ3v) is 6.23. The molecule has 3 heterocycles. The number of fused-ring (bicyclic) bond motifs is 1. The highest BCUT2D eigenvalue weighted by Gasteiger charge is 2.30. The van der Waals surface area contributed by atoms with Gasteiger partial charge in [-0.1, -0.05) is 30.3 Å². The number of hydrogen-bond donors (Lipinski definition) is 1. The zero-order valence-corrected chi connectivity index (χ0v) is 19.1. The van der Waals surface area contributed by atoms with E-state index in [0.717, 1.165) is 48.8 Å². The van der Waals surface area contributed by atoms with Crippen LogP contribution in [0.4, 0.5) is 0 Å². The quantitative estimate of drug-likeness (QED) is 0.641. The second kappa shape index (κ2) is 8.61. The molecule has 5 rings (SSSR count). The lowest BCUT2D eigenvalue weighted by molar-refractivity contribution is -0.0349. The van der Waals surface area contributed by atoms with E-state index in [9.17, 15) is 4.79 Å². The number of hydrogen-bond acceptors (Lipinski definition) is 5. The summed E-state index contributed by atoms with van der Waals surface area (Å²) in [6.45, 7) is 7.45. The number of amides is 1. The van der Waals surface area contributed by atoms with Crippen molar-refractivity contribution in [3.8, 4) is 17.0 Å². The summed E-state index contributed by atoms with van der Waals surface area (Å²) < 4.78 is 12.1. The molecule has 2 N–H and O–H groups in total. The molecule has 0 radical (unpaired) electrons. The SMILES string of the molecule is CC1(C)Cc2cc(CN3CCO[C@@H](c4cccc(-c5cccc(C(N)=O)c5)n4)C3)ccc2O1. The van der Waals surface area contributed by atoms with Gasteiger partial charge in [0.2, 0.25) is 5.91 Å². The summed E-state index contributed by atoms with van der Waals surface area (Å²) in [6, 6.07) is 19.7. The van der Waals surface area contributed by atoms with Crippen molar-refractivity contribution in [1.82, 2.24) is 9.88 Å². The van der Waals surface area contributed by atoms with Crippen molar-refractivity contribution < 1.29 is 14.3 Å². The number of aromatic nitrogens is 1. The van der Waals surface area contributed by atoms with Gasteiger partial charge in [-0.05, 0) is 55.3 Å². The van der Waals surface area contributed by atoms with Crippen LogP contribution in [0.15, 0.2) is 60.7 Å². The van der Waals surface area contributed by atoms with Gasteiger partial charge in [-0.25, -0.2) is 0 Å². The Hall–Kier alpha value is -3.22. The Balaban J connectivity index is 1.30. The Morgan fingerprint density at radius 1 is 1.15 bits per heavy atom. The number of benzene rings is 2. The summed E-state index contributed by atoms with van der Waals surface area (Å²) in [4.78, 5) is 18.8. The van der Waals surface area contributed by atoms with Gasteiger partial charge in [0.1, 0.15) is 17.5 Å². The molecule has 0 bridgehead atoms. The standard InChI is InChI=1S/C27H29N3O3/c1-27(2)15-21-13-18(9-10-24(21)33-27)16-30-11-12-32-25(17-30)23-8-4-7-22(29-23)19-5-3-6-20(14-19)26(28)31/h3-10,13-14,25H,11-12,15-17H2,1-2H3,(H2,28,31)/t25-/m1/s1. The minimum Gasteiger partial charge on any atom is -0.487 e. The number of pyridine rings is 1. The van der Waals surface area contributed by atoms with Crippen LogP contribution in [0.3, 0.4) is 0 Å². The maximum Gasteiger partial charge on any atom is 0.248 e. The number of primary amides is 1. The molecule has 0 saturated carbocycles. The normalized spacial score (nSPS) is 19.6. The fourth-order valence-corrected chi connectivity index (χ4v) is 4.67. The van der Waals surface area contributed by atoms with Crippen LogP contribution in [-0.2, 0) is 17.7 Å². The van der Waals surface area contributed by atoms with Crippen LogP contribution in [0.25, 0.3) is 11.3 Å². The van der Waals surface area contributed by atoms with Gasteiger partial charge in [0.05, 0.1) is 18.0 Å². The molecular formula is C27H29N3O3. The average molecular weight is 444 g/mol. The van der Waals surface area contributed by atoms with Crippen molar-refractivity contribution in [1.29, 1.82) is 0 Å². The number of rotatable bonds is 5. The highest BCUT2D eigenvalue weighted by atomic mass is 16.5. The van der Waals surface area contributed by atoms with Crippen LogP contribution >= 0.6 is 0 Å². The van der Waals surface area contributed by atoms with E-state index in [0.29, 0.717) is 12.2 Å². The first-order valence-corrected chi connectivity index (χ1v) is 11.4. The third kappa shape index (κ3) is 4.77. The fourth-order valence-electron chi connectivity index (χ4n) is 4.67. The number of nitrogens with two attached hydrogens (primary N) is 1. The summed E-state index contributed by atoms with van der Waals surface area (Å²) in [6.07, 6.45) is 0.838. The highest BCUT2D eigenvalue weighted by molar-refractivity contribution is 5.94. The van der Waals surface area contributed by atoms with Gasteiger partial charge in [-0.3, -0.25) is 14.7 Å². The van der Waals surface area contributed by atoms with E-state index in [1.807, 2.05) is 30.3 Å². The molecule has 6 heteroatoms. The maximum atomic E-state index is 11.5. The summed E-state index contributed by atoms with van der Waals surface area (Å²) in [5.74, 6) is 0.561. The largest absolute Gasteiger partial charge is 0.487 e. The molecule has 2 aliphatic rings. The van der Waals surface area contributed by atoms with E-state index in [4.69, 9.17) is 20.2 Å². The summed E-state index contributed by atoms with van der Waals surface area (Å²) in [5, 5.41) is 0. The Morgan fingerprint density at radius 3 is 2.85 bits per heavy atom. The first kappa shape index (κ1) is 21.6. The van der Waals surface area contributed by atoms with E-state index in [1.165, 1.54) is 11.1 Å². The van der Waals surface area contributed by atoms with Crippen LogP contribution in [0.5, 0.6) is 5.75 Å². The van der Waals surface area contributed by atoms with Gasteiger partial charge in [0.25, 0.3) is 0 Å². The van der Waals surface area contributed by atoms with E-state index in [2.05, 4.69) is 36.9 Å². The van der Waals surface area contributed by atoms with E-state index >= 15 is 0 Å². The molecule has 1 aromatic heterocycles. The zero-order valence-electron chi connectivity index (χ0n) is 19.1. The van der Waals surface area contributed by atoms with Gasteiger partial charge in [-0.2, -0.15) is 0 Å². The molecule has 0 unspecified atom stereocenters. The van der Waals surface area contributed by atoms with Gasteiger partial charge in [-0.15, -0.1) is 0 Å². The van der Waals surface area contributed by atoms with E-state index in [-0.39, 0.29) is 11.7 Å². The summed E-state index contributed by atoms with van der Waals surface area (Å²) >= 11 is 0. The minimum absolute atomic E-state index is 0.102. The lowest BCUT2D eigenvalue weighted by Gasteiger charge is -2.32. The molecule has 170 valence electrons. The summed E-state index contributed by atoms with van der Waals surface area (Å²) in [5.41, 5.74) is 10.9. The molecule has 1 fully saturated rings. The fraction of sp³-hybridized carbons (Fsp3) is 0.333. The van der Waals surface area contributed by atoms with Crippen LogP contribution in [0.1, 0.15) is 47.1 Å². The average Bonchev–Trinajstić information content (AvgIpc) is 3.12. The second-order valence-corrected chi connectivity index (χ2v) is 9.47. The molecule has 1 amide bonds. The first-order valence-electron chi connectivity index (χ1n) is 11.4. The number of morpholine rings is 1. The number of ether oxygens (including phenoxy) is 2. The molecule has 2 aliphatic heterocycles. The maximum absolute atomic E-state index is 11.5. The van der Waals surface area contributed by atoms with E-state index < -0.39 is 5.91 Å². The van der Waals surface area contributed by atoms with Crippen molar-refractivity contribution in [2.75, 3.05) is 19.7 Å². The van der Waals surface area contributed by atoms with Crippen LogP contribution < -0.4 is 10.5 Å². The molecule has 1 atom stereocenters. The van der Waals surface area contributed by atoms with E-state index in [1.54, 1.807) is 12.1 Å². The Morgan fingerprint density at radius 2 is 2.00 bits per heavy atom. The minimum atomic E-state index is -0.444.